The molecule has 230 valence electrons. The van der Waals surface area contributed by atoms with Crippen molar-refractivity contribution in [1.29, 1.82) is 0 Å². The van der Waals surface area contributed by atoms with E-state index in [4.69, 9.17) is 18.9 Å². The van der Waals surface area contributed by atoms with E-state index in [9.17, 15) is 19.8 Å². The second-order valence-corrected chi connectivity index (χ2v) is 10.2. The molecule has 2 unspecified atom stereocenters. The molecule has 0 aliphatic rings. The van der Waals surface area contributed by atoms with E-state index in [1.807, 2.05) is 60.7 Å². The van der Waals surface area contributed by atoms with Gasteiger partial charge in [-0.25, -0.2) is 9.59 Å². The van der Waals surface area contributed by atoms with Crippen LogP contribution in [0.5, 0.6) is 0 Å². The number of esters is 2. The van der Waals surface area contributed by atoms with E-state index in [0.717, 1.165) is 11.1 Å². The van der Waals surface area contributed by atoms with Crippen molar-refractivity contribution in [2.45, 2.75) is 37.3 Å². The molecular formula is C36H38O8. The number of ether oxygens (including phenoxy) is 4. The maximum absolute atomic E-state index is 13.7. The van der Waals surface area contributed by atoms with Gasteiger partial charge in [-0.3, -0.25) is 0 Å². The zero-order valence-corrected chi connectivity index (χ0v) is 24.5. The number of carbonyl (C=O) groups excluding carboxylic acids is 2. The van der Waals surface area contributed by atoms with Crippen molar-refractivity contribution in [3.63, 3.8) is 0 Å². The first-order valence-corrected chi connectivity index (χ1v) is 14.6. The summed E-state index contributed by atoms with van der Waals surface area (Å²) in [5.41, 5.74) is -3.70. The molecule has 0 bridgehead atoms. The lowest BCUT2D eigenvalue weighted by Gasteiger charge is -2.40. The summed E-state index contributed by atoms with van der Waals surface area (Å²) in [6, 6.07) is 34.8. The van der Waals surface area contributed by atoms with Crippen LogP contribution in [0.4, 0.5) is 0 Å². The van der Waals surface area contributed by atoms with E-state index >= 15 is 0 Å². The molecule has 8 nitrogen and oxygen atoms in total. The number of hydrogen-bond acceptors (Lipinski definition) is 8. The first kappa shape index (κ1) is 32.6. The van der Waals surface area contributed by atoms with Gasteiger partial charge in [-0.05, 0) is 22.3 Å². The Hall–Kier alpha value is -4.34. The minimum atomic E-state index is -2.83. The SMILES string of the molecule is O=C(OCCCOCc1ccccc1)C(O)(c1ccccc1)C(O)(C(=O)OCCCOCc1ccccc1)c1ccccc1. The van der Waals surface area contributed by atoms with Gasteiger partial charge in [-0.15, -0.1) is 0 Å². The molecule has 4 aromatic carbocycles. The number of benzene rings is 4. The van der Waals surface area contributed by atoms with Gasteiger partial charge in [0.05, 0.1) is 39.6 Å². The molecule has 0 heterocycles. The molecule has 0 aliphatic heterocycles. The van der Waals surface area contributed by atoms with Gasteiger partial charge in [-0.1, -0.05) is 121 Å². The van der Waals surface area contributed by atoms with Gasteiger partial charge >= 0.3 is 11.9 Å². The van der Waals surface area contributed by atoms with Gasteiger partial charge in [0, 0.05) is 12.8 Å². The lowest BCUT2D eigenvalue weighted by Crippen LogP contribution is -2.60. The quantitative estimate of drug-likeness (QED) is 0.128. The van der Waals surface area contributed by atoms with Gasteiger partial charge in [0.1, 0.15) is 0 Å². The van der Waals surface area contributed by atoms with Crippen molar-refractivity contribution in [2.75, 3.05) is 26.4 Å². The second kappa shape index (κ2) is 16.5. The van der Waals surface area contributed by atoms with Crippen molar-refractivity contribution >= 4 is 11.9 Å². The molecule has 2 atom stereocenters. The van der Waals surface area contributed by atoms with Crippen LogP contribution in [0, 0.1) is 0 Å². The number of hydrogen-bond donors (Lipinski definition) is 2. The molecule has 0 radical (unpaired) electrons. The highest BCUT2D eigenvalue weighted by Gasteiger charge is 2.64. The largest absolute Gasteiger partial charge is 0.463 e. The smallest absolute Gasteiger partial charge is 0.347 e. The minimum Gasteiger partial charge on any atom is -0.463 e. The Labute approximate surface area is 257 Å². The first-order valence-electron chi connectivity index (χ1n) is 14.6. The minimum absolute atomic E-state index is 0.0279. The third-order valence-corrected chi connectivity index (χ3v) is 7.05. The molecule has 44 heavy (non-hydrogen) atoms. The maximum Gasteiger partial charge on any atom is 0.347 e. The van der Waals surface area contributed by atoms with Crippen molar-refractivity contribution in [3.05, 3.63) is 144 Å². The van der Waals surface area contributed by atoms with Gasteiger partial charge in [0.25, 0.3) is 0 Å². The molecule has 4 rings (SSSR count). The van der Waals surface area contributed by atoms with E-state index in [-0.39, 0.29) is 24.3 Å². The van der Waals surface area contributed by atoms with Crippen molar-refractivity contribution in [2.24, 2.45) is 0 Å². The van der Waals surface area contributed by atoms with E-state index in [1.165, 1.54) is 24.3 Å². The highest BCUT2D eigenvalue weighted by molar-refractivity contribution is 5.94. The molecule has 0 aliphatic carbocycles. The standard InChI is InChI=1S/C36H38O8/c37-33(43-25-13-23-41-27-29-15-5-1-6-16-29)35(39,31-19-9-3-10-20-31)36(40,32-21-11-4-12-22-32)34(38)44-26-14-24-42-28-30-17-7-2-8-18-30/h1-12,15-22,39-40H,13-14,23-28H2. The Morgan fingerprint density at radius 1 is 0.477 bits per heavy atom. The second-order valence-electron chi connectivity index (χ2n) is 10.2. The molecule has 0 saturated heterocycles. The normalized spacial score (nSPS) is 13.8. The van der Waals surface area contributed by atoms with Crippen LogP contribution >= 0.6 is 0 Å². The van der Waals surface area contributed by atoms with Gasteiger partial charge < -0.3 is 29.2 Å². The topological polar surface area (TPSA) is 112 Å². The Bertz CT molecular complexity index is 1300. The molecule has 4 aromatic rings. The summed E-state index contributed by atoms with van der Waals surface area (Å²) in [6.45, 7) is 1.18. The molecule has 0 saturated carbocycles. The molecule has 8 heteroatoms. The Balaban J connectivity index is 1.45. The number of carbonyl (C=O) groups is 2. The number of aliphatic hydroxyl groups is 2. The van der Waals surface area contributed by atoms with Gasteiger partial charge in [0.15, 0.2) is 0 Å². The molecule has 2 N–H and O–H groups in total. The fourth-order valence-electron chi connectivity index (χ4n) is 4.70. The molecule has 0 aromatic heterocycles. The third kappa shape index (κ3) is 8.18. The average Bonchev–Trinajstić information content (AvgIpc) is 3.08. The van der Waals surface area contributed by atoms with E-state index < -0.39 is 23.1 Å². The van der Waals surface area contributed by atoms with Crippen LogP contribution in [0.3, 0.4) is 0 Å². The fourth-order valence-corrected chi connectivity index (χ4v) is 4.70. The summed E-state index contributed by atoms with van der Waals surface area (Å²) in [6.07, 6.45) is 0.668. The Kier molecular flexibility index (Phi) is 12.2. The lowest BCUT2D eigenvalue weighted by atomic mass is 9.73. The Morgan fingerprint density at radius 2 is 0.795 bits per heavy atom. The summed E-state index contributed by atoms with van der Waals surface area (Å²) in [4.78, 5) is 27.4. The maximum atomic E-state index is 13.7. The summed E-state index contributed by atoms with van der Waals surface area (Å²) in [7, 11) is 0. The zero-order chi connectivity index (χ0) is 31.1. The van der Waals surface area contributed by atoms with Crippen molar-refractivity contribution in [1.82, 2.24) is 0 Å². The fraction of sp³-hybridized carbons (Fsp3) is 0.278. The van der Waals surface area contributed by atoms with E-state index in [0.29, 0.717) is 39.3 Å². The molecule has 0 spiro atoms. The first-order chi connectivity index (χ1) is 21.5. The average molecular weight is 599 g/mol. The van der Waals surface area contributed by atoms with Crippen LogP contribution in [0.25, 0.3) is 0 Å². The van der Waals surface area contributed by atoms with Gasteiger partial charge in [-0.2, -0.15) is 0 Å². The lowest BCUT2D eigenvalue weighted by molar-refractivity contribution is -0.220. The van der Waals surface area contributed by atoms with Crippen LogP contribution in [0.2, 0.25) is 0 Å². The molecule has 0 fully saturated rings. The molecule has 0 amide bonds. The van der Waals surface area contributed by atoms with Crippen LogP contribution < -0.4 is 0 Å². The van der Waals surface area contributed by atoms with E-state index in [1.54, 1.807) is 36.4 Å². The highest BCUT2D eigenvalue weighted by atomic mass is 16.6. The predicted molar refractivity (Wildman–Crippen MR) is 164 cm³/mol. The zero-order valence-electron chi connectivity index (χ0n) is 24.5. The monoisotopic (exact) mass is 598 g/mol. The van der Waals surface area contributed by atoms with Crippen LogP contribution in [-0.2, 0) is 53.0 Å². The predicted octanol–water partition coefficient (Wildman–Crippen LogP) is 5.06. The van der Waals surface area contributed by atoms with Crippen LogP contribution in [-0.4, -0.2) is 48.6 Å². The molecular weight excluding hydrogens is 560 g/mol. The summed E-state index contributed by atoms with van der Waals surface area (Å²) < 4.78 is 22.3. The Morgan fingerprint density at radius 3 is 1.14 bits per heavy atom. The van der Waals surface area contributed by atoms with Gasteiger partial charge in [0.2, 0.25) is 11.2 Å². The van der Waals surface area contributed by atoms with Crippen molar-refractivity contribution < 1.29 is 38.7 Å². The summed E-state index contributed by atoms with van der Waals surface area (Å²) in [5.74, 6) is -2.39. The highest BCUT2D eigenvalue weighted by Crippen LogP contribution is 2.43. The van der Waals surface area contributed by atoms with Crippen molar-refractivity contribution in [3.8, 4) is 0 Å². The van der Waals surface area contributed by atoms with Crippen LogP contribution in [0.15, 0.2) is 121 Å². The van der Waals surface area contributed by atoms with E-state index in [2.05, 4.69) is 0 Å². The summed E-state index contributed by atoms with van der Waals surface area (Å²) >= 11 is 0. The summed E-state index contributed by atoms with van der Waals surface area (Å²) in [5, 5.41) is 24.3. The van der Waals surface area contributed by atoms with Crippen LogP contribution in [0.1, 0.15) is 35.1 Å². The third-order valence-electron chi connectivity index (χ3n) is 7.05. The number of rotatable bonds is 17.